The van der Waals surface area contributed by atoms with Crippen LogP contribution in [0.1, 0.15) is 0 Å². The van der Waals surface area contributed by atoms with Crippen molar-refractivity contribution in [2.75, 3.05) is 0 Å². The van der Waals surface area contributed by atoms with E-state index in [2.05, 4.69) is 0 Å². The summed E-state index contributed by atoms with van der Waals surface area (Å²) < 4.78 is 34.6. The summed E-state index contributed by atoms with van der Waals surface area (Å²) in [4.78, 5) is 0. The molecule has 0 spiro atoms. The van der Waals surface area contributed by atoms with Crippen molar-refractivity contribution in [3.8, 4) is 0 Å². The fraction of sp³-hybridized carbons (Fsp3) is 0. The Bertz CT molecular complexity index is 98.1. The molecule has 0 aromatic carbocycles. The van der Waals surface area contributed by atoms with E-state index in [1.165, 1.54) is 0 Å². The van der Waals surface area contributed by atoms with Crippen molar-refractivity contribution in [2.24, 2.45) is 0 Å². The molecule has 0 N–H and O–H groups in total. The van der Waals surface area contributed by atoms with Crippen molar-refractivity contribution in [2.45, 2.75) is 0 Å². The number of hydrogen-bond acceptors (Lipinski definition) is 4. The fourth-order valence-electron chi connectivity index (χ4n) is 0. The van der Waals surface area contributed by atoms with Gasteiger partial charge in [0.1, 0.15) is 0 Å². The monoisotopic (exact) mass is 365 g/mol. The molecular weight excluding hydrogens is 365 g/mol. The van der Waals surface area contributed by atoms with Crippen molar-refractivity contribution in [1.29, 1.82) is 0 Å². The van der Waals surface area contributed by atoms with Crippen LogP contribution < -0.4 is 66.6 Å². The van der Waals surface area contributed by atoms with Crippen LogP contribution in [0.5, 0.6) is 0 Å². The first-order valence-corrected chi connectivity index (χ1v) is 5.46. The van der Waals surface area contributed by atoms with Crippen LogP contribution in [-0.4, -0.2) is 0 Å². The molecule has 0 saturated heterocycles. The Morgan fingerprint density at radius 1 is 1.00 bits per heavy atom. The normalized spacial score (nSPS) is 6.44. The zero-order valence-corrected chi connectivity index (χ0v) is 12.9. The molecule has 45 valence electrons. The van der Waals surface area contributed by atoms with Crippen LogP contribution in [0.3, 0.4) is 0 Å². The summed E-state index contributed by atoms with van der Waals surface area (Å²) in [7, 11) is 0. The average molecular weight is 365 g/mol. The van der Waals surface area contributed by atoms with Crippen LogP contribution in [0.4, 0.5) is 0 Å². The van der Waals surface area contributed by atoms with Gasteiger partial charge in [0.05, 0.1) is 0 Å². The van der Waals surface area contributed by atoms with Crippen molar-refractivity contribution in [3.05, 3.63) is 0 Å². The fourth-order valence-corrected chi connectivity index (χ4v) is 0. The van der Waals surface area contributed by atoms with E-state index < -0.39 is 16.7 Å². The van der Waals surface area contributed by atoms with Gasteiger partial charge in [-0.05, 0) is 0 Å². The first-order chi connectivity index (χ1) is 2.00. The summed E-state index contributed by atoms with van der Waals surface area (Å²) in [5, 5.41) is 0. The molecule has 0 rings (SSSR count). The van der Waals surface area contributed by atoms with E-state index in [4.69, 9.17) is 14.3 Å². The van der Waals surface area contributed by atoms with E-state index in [-0.39, 0.29) is 81.7 Å². The second-order valence-electron chi connectivity index (χ2n) is 0.408. The van der Waals surface area contributed by atoms with Crippen LogP contribution in [0.15, 0.2) is 0 Å². The molecular formula is MnNa2O5W. The van der Waals surface area contributed by atoms with Crippen LogP contribution in [0.25, 0.3) is 0 Å². The predicted octanol–water partition coefficient (Wildman–Crippen LogP) is -8.73. The van der Waals surface area contributed by atoms with E-state index in [0.717, 1.165) is 0 Å². The Hall–Kier alpha value is 2.69. The molecule has 0 aliphatic heterocycles. The van der Waals surface area contributed by atoms with Gasteiger partial charge in [-0.15, -0.1) is 0 Å². The third kappa shape index (κ3) is 112. The second kappa shape index (κ2) is 13.3. The van der Waals surface area contributed by atoms with Gasteiger partial charge in [-0.1, -0.05) is 0 Å². The van der Waals surface area contributed by atoms with Gasteiger partial charge in [-0.3, -0.25) is 0 Å². The van der Waals surface area contributed by atoms with Crippen LogP contribution >= 0.6 is 0 Å². The third-order valence-corrected chi connectivity index (χ3v) is 0. The molecule has 0 amide bonds. The molecule has 0 aliphatic carbocycles. The molecule has 0 aromatic rings. The number of rotatable bonds is 0. The molecule has 0 aromatic heterocycles. The zero-order valence-electron chi connectivity index (χ0n) is 4.83. The Kier molecular flexibility index (Phi) is 44.1. The number of hydrogen-bond donors (Lipinski definition) is 0. The van der Waals surface area contributed by atoms with Crippen molar-refractivity contribution < 1.29 is 113 Å². The molecule has 5 nitrogen and oxygen atoms in total. The second-order valence-corrected chi connectivity index (χ2v) is 3.34. The minimum absolute atomic E-state index is 0. The SMILES string of the molecule is [Mn+2].[Na+].[Na+].[O-2].[O]=[W](=[O])([O-])[O-]. The molecule has 0 atom stereocenters. The van der Waals surface area contributed by atoms with Crippen molar-refractivity contribution >= 4 is 0 Å². The van der Waals surface area contributed by atoms with Crippen molar-refractivity contribution in [3.63, 3.8) is 0 Å². The summed E-state index contributed by atoms with van der Waals surface area (Å²) in [6.45, 7) is 0. The molecule has 9 heteroatoms. The third-order valence-electron chi connectivity index (χ3n) is 0. The first-order valence-electron chi connectivity index (χ1n) is 0.667. The zero-order chi connectivity index (χ0) is 4.50. The quantitative estimate of drug-likeness (QED) is 0.398. The van der Waals surface area contributed by atoms with Gasteiger partial charge in [0.2, 0.25) is 0 Å². The van der Waals surface area contributed by atoms with E-state index >= 15 is 0 Å². The van der Waals surface area contributed by atoms with Gasteiger partial charge in [0, 0.05) is 0 Å². The maximum absolute atomic E-state index is 8.65. The maximum atomic E-state index is 8.65. The first kappa shape index (κ1) is 29.8. The minimum atomic E-state index is -6.17. The topological polar surface area (TPSA) is 109 Å². The van der Waals surface area contributed by atoms with Gasteiger partial charge in [-0.25, -0.2) is 0 Å². The average Bonchev–Trinajstić information content (AvgIpc) is 0.722. The molecule has 0 aliphatic rings. The predicted molar refractivity (Wildman–Crippen MR) is 2.06 cm³/mol. The summed E-state index contributed by atoms with van der Waals surface area (Å²) in [6.07, 6.45) is 0. The molecule has 9 heavy (non-hydrogen) atoms. The van der Waals surface area contributed by atoms with Gasteiger partial charge < -0.3 is 5.48 Å². The Labute approximate surface area is 111 Å². The van der Waals surface area contributed by atoms with Crippen LogP contribution in [-0.2, 0) is 46.1 Å². The molecule has 0 bridgehead atoms. The standard InChI is InChI=1S/Mn.2Na.5O.W/q+2;2*+1;;;-2;2*-1;. The Balaban J connectivity index is -0.0000000133. The van der Waals surface area contributed by atoms with Gasteiger partial charge in [0.15, 0.2) is 0 Å². The van der Waals surface area contributed by atoms with Gasteiger partial charge >= 0.3 is 107 Å². The molecule has 1 radical (unpaired) electrons. The summed E-state index contributed by atoms with van der Waals surface area (Å²) in [5.74, 6) is 0. The van der Waals surface area contributed by atoms with Crippen LogP contribution in [0, 0.1) is 0 Å². The molecule has 0 fully saturated rings. The van der Waals surface area contributed by atoms with Crippen molar-refractivity contribution in [1.82, 2.24) is 0 Å². The van der Waals surface area contributed by atoms with Gasteiger partial charge in [-0.2, -0.15) is 0 Å². The summed E-state index contributed by atoms with van der Waals surface area (Å²) >= 11 is -6.17. The Morgan fingerprint density at radius 2 is 1.00 bits per heavy atom. The van der Waals surface area contributed by atoms with E-state index in [9.17, 15) is 0 Å². The molecule has 0 saturated carbocycles. The summed E-state index contributed by atoms with van der Waals surface area (Å²) in [5.41, 5.74) is 0. The molecule has 0 heterocycles. The van der Waals surface area contributed by atoms with E-state index in [0.29, 0.717) is 0 Å². The molecule has 0 unspecified atom stereocenters. The van der Waals surface area contributed by atoms with E-state index in [1.807, 2.05) is 0 Å². The van der Waals surface area contributed by atoms with E-state index in [1.54, 1.807) is 0 Å². The van der Waals surface area contributed by atoms with Crippen LogP contribution in [0.2, 0.25) is 0 Å². The summed E-state index contributed by atoms with van der Waals surface area (Å²) in [6, 6.07) is 0. The van der Waals surface area contributed by atoms with Gasteiger partial charge in [0.25, 0.3) is 0 Å². The Morgan fingerprint density at radius 3 is 1.00 bits per heavy atom.